The number of carbonyl (C=O) groups is 3. The average molecular weight is 769 g/mol. The second-order valence-electron chi connectivity index (χ2n) is 18.2. The van der Waals surface area contributed by atoms with E-state index in [1.807, 2.05) is 113 Å². The molecule has 2 aromatic rings. The van der Waals surface area contributed by atoms with Gasteiger partial charge in [0.05, 0.1) is 24.2 Å². The highest BCUT2D eigenvalue weighted by atomic mass is 16.6. The number of hydrogen-bond acceptors (Lipinski definition) is 12. The van der Waals surface area contributed by atoms with Crippen LogP contribution in [0.5, 0.6) is 11.5 Å². The van der Waals surface area contributed by atoms with Crippen LogP contribution in [0.2, 0.25) is 0 Å². The van der Waals surface area contributed by atoms with Crippen LogP contribution in [0.1, 0.15) is 105 Å². The molecule has 55 heavy (non-hydrogen) atoms. The van der Waals surface area contributed by atoms with E-state index in [4.69, 9.17) is 23.7 Å². The van der Waals surface area contributed by atoms with Crippen molar-refractivity contribution >= 4 is 17.9 Å². The van der Waals surface area contributed by atoms with Crippen molar-refractivity contribution in [3.05, 3.63) is 59.2 Å². The molecule has 1 aliphatic rings. The van der Waals surface area contributed by atoms with E-state index in [0.717, 1.165) is 11.1 Å². The number of ether oxygens (including phenoxy) is 5. The minimum absolute atomic E-state index is 0.134. The van der Waals surface area contributed by atoms with Gasteiger partial charge in [0.1, 0.15) is 40.5 Å². The van der Waals surface area contributed by atoms with Crippen LogP contribution in [0.25, 0.3) is 0 Å². The van der Waals surface area contributed by atoms with Crippen LogP contribution in [-0.4, -0.2) is 120 Å². The number of esters is 3. The molecule has 0 atom stereocenters. The molecule has 0 radical (unpaired) electrons. The molecule has 0 bridgehead atoms. The molecule has 12 heteroatoms. The second kappa shape index (κ2) is 19.9. The predicted octanol–water partition coefficient (Wildman–Crippen LogP) is 6.09. The van der Waals surface area contributed by atoms with Gasteiger partial charge in [-0.1, -0.05) is 30.3 Å². The highest BCUT2D eigenvalue weighted by Crippen LogP contribution is 2.36. The Bertz CT molecular complexity index is 1460. The quantitative estimate of drug-likeness (QED) is 0.211. The molecule has 0 saturated carbocycles. The maximum atomic E-state index is 13.6. The molecule has 3 rings (SSSR count). The molecule has 0 aliphatic carbocycles. The van der Waals surface area contributed by atoms with Crippen LogP contribution < -0.4 is 14.8 Å². The van der Waals surface area contributed by atoms with Gasteiger partial charge in [-0.3, -0.25) is 24.3 Å². The first-order valence-electron chi connectivity index (χ1n) is 19.5. The molecule has 0 aromatic heterocycles. The average Bonchev–Trinajstić information content (AvgIpc) is 3.01. The molecule has 12 nitrogen and oxygen atoms in total. The van der Waals surface area contributed by atoms with E-state index in [1.54, 1.807) is 12.1 Å². The first kappa shape index (κ1) is 45.7. The highest BCUT2D eigenvalue weighted by Gasteiger charge is 2.28. The van der Waals surface area contributed by atoms with Crippen LogP contribution in [0.15, 0.2) is 42.5 Å². The summed E-state index contributed by atoms with van der Waals surface area (Å²) in [6.07, 6.45) is 0. The first-order valence-corrected chi connectivity index (χ1v) is 19.5. The van der Waals surface area contributed by atoms with Crippen molar-refractivity contribution in [1.82, 2.24) is 20.0 Å². The van der Waals surface area contributed by atoms with Gasteiger partial charge in [0.2, 0.25) is 0 Å². The zero-order valence-corrected chi connectivity index (χ0v) is 35.6. The summed E-state index contributed by atoms with van der Waals surface area (Å²) < 4.78 is 30.3. The fourth-order valence-electron chi connectivity index (χ4n) is 5.85. The van der Waals surface area contributed by atoms with Crippen molar-refractivity contribution in [3.63, 3.8) is 0 Å². The molecule has 1 N–H and O–H groups in total. The predicted molar refractivity (Wildman–Crippen MR) is 215 cm³/mol. The van der Waals surface area contributed by atoms with Gasteiger partial charge in [-0.2, -0.15) is 0 Å². The Hall–Kier alpha value is -3.71. The zero-order chi connectivity index (χ0) is 41.0. The molecule has 2 aromatic carbocycles. The van der Waals surface area contributed by atoms with E-state index in [9.17, 15) is 14.4 Å². The van der Waals surface area contributed by atoms with E-state index in [2.05, 4.69) is 20.0 Å². The maximum absolute atomic E-state index is 13.6. The third kappa shape index (κ3) is 18.7. The number of nitrogens with one attached hydrogen (secondary N) is 1. The minimum Gasteiger partial charge on any atom is -0.488 e. The van der Waals surface area contributed by atoms with Crippen LogP contribution in [0.4, 0.5) is 0 Å². The van der Waals surface area contributed by atoms with Crippen molar-refractivity contribution < 1.29 is 38.1 Å². The molecule has 308 valence electrons. The van der Waals surface area contributed by atoms with Crippen molar-refractivity contribution in [1.29, 1.82) is 0 Å². The Morgan fingerprint density at radius 3 is 1.45 bits per heavy atom. The van der Waals surface area contributed by atoms with Crippen molar-refractivity contribution in [2.24, 2.45) is 0 Å². The van der Waals surface area contributed by atoms with Gasteiger partial charge < -0.3 is 29.0 Å². The lowest BCUT2D eigenvalue weighted by Gasteiger charge is -2.33. The summed E-state index contributed by atoms with van der Waals surface area (Å²) in [5.41, 5.74) is -0.358. The third-order valence-electron chi connectivity index (χ3n) is 8.05. The Labute approximate surface area is 330 Å². The molecule has 0 unspecified atom stereocenters. The summed E-state index contributed by atoms with van der Waals surface area (Å²) in [6.45, 7) is 28.8. The van der Waals surface area contributed by atoms with Crippen molar-refractivity contribution in [3.8, 4) is 11.5 Å². The van der Waals surface area contributed by atoms with Crippen molar-refractivity contribution in [2.45, 2.75) is 119 Å². The summed E-state index contributed by atoms with van der Waals surface area (Å²) in [4.78, 5) is 46.0. The van der Waals surface area contributed by atoms with Gasteiger partial charge in [-0.25, -0.2) is 4.79 Å². The molecule has 1 aliphatic heterocycles. The Morgan fingerprint density at radius 2 is 1.04 bits per heavy atom. The zero-order valence-electron chi connectivity index (χ0n) is 35.6. The van der Waals surface area contributed by atoms with E-state index in [1.165, 1.54) is 0 Å². The Morgan fingerprint density at radius 1 is 0.600 bits per heavy atom. The molecular formula is C43H68N4O8. The van der Waals surface area contributed by atoms with E-state index >= 15 is 0 Å². The number of hydrogen-bond donors (Lipinski definition) is 1. The Balaban J connectivity index is 2.02. The van der Waals surface area contributed by atoms with Gasteiger partial charge in [0.25, 0.3) is 0 Å². The number of rotatable bonds is 11. The summed E-state index contributed by atoms with van der Waals surface area (Å²) in [5, 5.41) is 3.48. The monoisotopic (exact) mass is 769 g/mol. The summed E-state index contributed by atoms with van der Waals surface area (Å²) >= 11 is 0. The molecule has 0 spiro atoms. The summed E-state index contributed by atoms with van der Waals surface area (Å²) in [5.74, 6) is 0.0144. The molecule has 1 heterocycles. The molecule has 1 fully saturated rings. The lowest BCUT2D eigenvalue weighted by molar-refractivity contribution is -0.157. The van der Waals surface area contributed by atoms with Gasteiger partial charge in [0, 0.05) is 58.9 Å². The van der Waals surface area contributed by atoms with E-state index < -0.39 is 28.4 Å². The molecule has 1 saturated heterocycles. The van der Waals surface area contributed by atoms with Gasteiger partial charge in [0.15, 0.2) is 0 Å². The highest BCUT2D eigenvalue weighted by molar-refractivity contribution is 5.91. The van der Waals surface area contributed by atoms with Gasteiger partial charge in [-0.15, -0.1) is 0 Å². The fraction of sp³-hybridized carbons (Fsp3) is 0.651. The smallest absolute Gasteiger partial charge is 0.338 e. The van der Waals surface area contributed by atoms with Crippen LogP contribution in [0.3, 0.4) is 0 Å². The topological polar surface area (TPSA) is 119 Å². The Kier molecular flexibility index (Phi) is 16.6. The van der Waals surface area contributed by atoms with Crippen LogP contribution >= 0.6 is 0 Å². The standard InChI is InChI=1S/C43H68N4O8/c1-40(2,3)52-35-26-33(39(50)51-31-32-16-14-13-15-17-32)27-36(53-41(4,5)6)34(35)28-47-24-22-45(29-37(48)54-42(7,8)9)20-18-44-19-21-46(23-25-47)30-38(49)55-43(10,11)12/h13-17,26-27,44H,18-25,28-31H2,1-12H3. The van der Waals surface area contributed by atoms with E-state index in [0.29, 0.717) is 76.0 Å². The van der Waals surface area contributed by atoms with Crippen LogP contribution in [-0.2, 0) is 37.0 Å². The van der Waals surface area contributed by atoms with Crippen LogP contribution in [0, 0.1) is 0 Å². The molecular weight excluding hydrogens is 700 g/mol. The second-order valence-corrected chi connectivity index (χ2v) is 18.2. The lowest BCUT2D eigenvalue weighted by atomic mass is 10.1. The van der Waals surface area contributed by atoms with Gasteiger partial charge in [-0.05, 0) is 101 Å². The maximum Gasteiger partial charge on any atom is 0.338 e. The lowest BCUT2D eigenvalue weighted by Crippen LogP contribution is -2.47. The summed E-state index contributed by atoms with van der Waals surface area (Å²) in [7, 11) is 0. The first-order chi connectivity index (χ1) is 25.4. The summed E-state index contributed by atoms with van der Waals surface area (Å²) in [6, 6.07) is 13.1. The fourth-order valence-corrected chi connectivity index (χ4v) is 5.85. The van der Waals surface area contributed by atoms with Crippen molar-refractivity contribution in [2.75, 3.05) is 65.4 Å². The minimum atomic E-state index is -0.594. The molecule has 0 amide bonds. The van der Waals surface area contributed by atoms with E-state index in [-0.39, 0.29) is 31.6 Å². The largest absolute Gasteiger partial charge is 0.488 e. The number of nitrogens with zero attached hydrogens (tertiary/aromatic N) is 3. The normalized spacial score (nSPS) is 16.4. The number of carbonyl (C=O) groups excluding carboxylic acids is 3. The third-order valence-corrected chi connectivity index (χ3v) is 8.05. The SMILES string of the molecule is CC(C)(C)OC(=O)CN1CCNCCN(CC(=O)OC(C)(C)C)CCN(Cc2c(OC(C)(C)C)cc(C(=O)OCc3ccccc3)cc2OC(C)(C)C)CC1. The number of benzene rings is 2. The van der Waals surface area contributed by atoms with Gasteiger partial charge >= 0.3 is 17.9 Å².